The summed E-state index contributed by atoms with van der Waals surface area (Å²) in [6.45, 7) is 6.14. The van der Waals surface area contributed by atoms with Crippen LogP contribution in [0.5, 0.6) is 0 Å². The quantitative estimate of drug-likeness (QED) is 0.791. The van der Waals surface area contributed by atoms with Gasteiger partial charge in [-0.05, 0) is 27.2 Å². The first kappa shape index (κ1) is 18.7. The maximum Gasteiger partial charge on any atom is 0.247 e. The number of rotatable bonds is 8. The number of nitrogens with zero attached hydrogens (tertiary/aromatic N) is 1. The molecule has 0 aliphatic rings. The summed E-state index contributed by atoms with van der Waals surface area (Å²) >= 11 is 0. The van der Waals surface area contributed by atoms with Gasteiger partial charge in [-0.25, -0.2) is 8.78 Å². The molecule has 5 nitrogen and oxygen atoms in total. The molecule has 22 heavy (non-hydrogen) atoms. The molecular weight excluding hydrogens is 314 g/mol. The minimum absolute atomic E-state index is 0.0471. The van der Waals surface area contributed by atoms with Crippen LogP contribution in [0.3, 0.4) is 0 Å². The molecule has 1 N–H and O–H groups in total. The Morgan fingerprint density at radius 3 is 2.59 bits per heavy atom. The minimum atomic E-state index is -2.74. The van der Waals surface area contributed by atoms with Crippen molar-refractivity contribution < 1.29 is 22.3 Å². The molecule has 126 valence electrons. The molecule has 0 saturated carbocycles. The lowest BCUT2D eigenvalue weighted by atomic mass is 10.1. The highest BCUT2D eigenvalue weighted by Crippen LogP contribution is 2.25. The van der Waals surface area contributed by atoms with Crippen LogP contribution in [0, 0.1) is 6.92 Å². The van der Waals surface area contributed by atoms with E-state index in [0.717, 1.165) is 0 Å². The number of nitrogens with one attached hydrogen (secondary N) is 1. The molecule has 1 aromatic heterocycles. The molecule has 8 heteroatoms. The first-order chi connectivity index (χ1) is 10.1. The third kappa shape index (κ3) is 5.15. The summed E-state index contributed by atoms with van der Waals surface area (Å²) in [7, 11) is -1.57. The zero-order valence-corrected chi connectivity index (χ0v) is 14.1. The van der Waals surface area contributed by atoms with E-state index < -0.39 is 27.4 Å². The van der Waals surface area contributed by atoms with Crippen LogP contribution in [-0.4, -0.2) is 31.7 Å². The molecule has 0 fully saturated rings. The van der Waals surface area contributed by atoms with E-state index in [-0.39, 0.29) is 30.9 Å². The van der Waals surface area contributed by atoms with Crippen molar-refractivity contribution in [3.05, 3.63) is 11.8 Å². The Kier molecular flexibility index (Phi) is 6.22. The summed E-state index contributed by atoms with van der Waals surface area (Å²) in [6, 6.07) is 1.54. The number of hydrogen-bond donors (Lipinski definition) is 1. The van der Waals surface area contributed by atoms with E-state index in [0.29, 0.717) is 5.69 Å². The largest absolute Gasteiger partial charge is 0.338 e. The third-order valence-corrected chi connectivity index (χ3v) is 5.35. The summed E-state index contributed by atoms with van der Waals surface area (Å²) in [4.78, 5) is 12.2. The smallest absolute Gasteiger partial charge is 0.247 e. The Labute approximate surface area is 131 Å². The van der Waals surface area contributed by atoms with Crippen molar-refractivity contribution in [3.8, 4) is 0 Å². The summed E-state index contributed by atoms with van der Waals surface area (Å²) in [5, 5.41) is 6.13. The predicted molar refractivity (Wildman–Crippen MR) is 81.4 cm³/mol. The number of aryl methyl sites for hydroxylation is 1. The maximum absolute atomic E-state index is 13.2. The van der Waals surface area contributed by atoms with Gasteiger partial charge in [0.1, 0.15) is 4.75 Å². The van der Waals surface area contributed by atoms with Gasteiger partial charge in [-0.15, -0.1) is 0 Å². The van der Waals surface area contributed by atoms with Crippen molar-refractivity contribution >= 4 is 22.6 Å². The minimum Gasteiger partial charge on any atom is -0.338 e. The van der Waals surface area contributed by atoms with E-state index in [1.54, 1.807) is 13.0 Å². The van der Waals surface area contributed by atoms with Gasteiger partial charge in [-0.3, -0.25) is 14.3 Å². The highest BCUT2D eigenvalue weighted by atomic mass is 32.2. The number of alkyl halides is 2. The second kappa shape index (κ2) is 7.30. The van der Waals surface area contributed by atoms with Gasteiger partial charge in [0.25, 0.3) is 0 Å². The van der Waals surface area contributed by atoms with Crippen LogP contribution < -0.4 is 5.32 Å². The van der Waals surface area contributed by atoms with Crippen LogP contribution in [0.15, 0.2) is 10.6 Å². The predicted octanol–water partition coefficient (Wildman–Crippen LogP) is 3.27. The number of halogens is 2. The highest BCUT2D eigenvalue weighted by Gasteiger charge is 2.35. The summed E-state index contributed by atoms with van der Waals surface area (Å²) < 4.78 is 42.2. The lowest BCUT2D eigenvalue weighted by Crippen LogP contribution is -2.42. The molecule has 0 bridgehead atoms. The third-order valence-electron chi connectivity index (χ3n) is 3.37. The van der Waals surface area contributed by atoms with Crippen molar-refractivity contribution in [1.82, 2.24) is 5.16 Å². The van der Waals surface area contributed by atoms with E-state index in [9.17, 15) is 17.8 Å². The number of hydrogen-bond acceptors (Lipinski definition) is 4. The van der Waals surface area contributed by atoms with Crippen LogP contribution in [0.4, 0.5) is 14.7 Å². The zero-order chi connectivity index (χ0) is 17.0. The molecule has 0 saturated heterocycles. The van der Waals surface area contributed by atoms with Gasteiger partial charge >= 0.3 is 0 Å². The van der Waals surface area contributed by atoms with Gasteiger partial charge in [-0.2, -0.15) is 0 Å². The van der Waals surface area contributed by atoms with E-state index in [1.807, 2.05) is 0 Å². The summed E-state index contributed by atoms with van der Waals surface area (Å²) in [6.07, 6.45) is -0.464. The van der Waals surface area contributed by atoms with Gasteiger partial charge in [0, 0.05) is 35.5 Å². The highest BCUT2D eigenvalue weighted by molar-refractivity contribution is 7.87. The van der Waals surface area contributed by atoms with Gasteiger partial charge in [0.2, 0.25) is 17.7 Å². The lowest BCUT2D eigenvalue weighted by molar-refractivity contribution is -0.117. The molecule has 0 aliphatic carbocycles. The Bertz CT molecular complexity index is 544. The van der Waals surface area contributed by atoms with E-state index in [4.69, 9.17) is 4.52 Å². The molecular formula is C14H22F2N2O3S. The molecule has 1 unspecified atom stereocenters. The fourth-order valence-corrected chi connectivity index (χ4v) is 2.86. The first-order valence-corrected chi connectivity index (χ1v) is 8.41. The monoisotopic (exact) mass is 336 g/mol. The Hall–Kier alpha value is -1.31. The van der Waals surface area contributed by atoms with Crippen molar-refractivity contribution in [2.45, 2.75) is 57.6 Å². The standard InChI is InChI=1S/C14H22F2N2O3S/c1-5-14(15,16)7-6-8-22(20)13(3,4)12(19)17-11-9-10(2)18-21-11/h9H,5-8H2,1-4H3,(H,17,19). The van der Waals surface area contributed by atoms with Crippen molar-refractivity contribution in [1.29, 1.82) is 0 Å². The fraction of sp³-hybridized carbons (Fsp3) is 0.714. The normalized spacial score (nSPS) is 13.9. The number of amides is 1. The molecule has 0 radical (unpaired) electrons. The number of carbonyl (C=O) groups excluding carboxylic acids is 1. The average Bonchev–Trinajstić information content (AvgIpc) is 2.83. The average molecular weight is 336 g/mol. The molecule has 0 spiro atoms. The summed E-state index contributed by atoms with van der Waals surface area (Å²) in [5.41, 5.74) is 0.607. The van der Waals surface area contributed by atoms with Crippen LogP contribution in [0.25, 0.3) is 0 Å². The Morgan fingerprint density at radius 1 is 1.45 bits per heavy atom. The topological polar surface area (TPSA) is 72.2 Å². The molecule has 1 aromatic rings. The molecule has 1 atom stereocenters. The molecule has 1 amide bonds. The fourth-order valence-electron chi connectivity index (χ4n) is 1.68. The zero-order valence-electron chi connectivity index (χ0n) is 13.2. The SMILES string of the molecule is CCC(F)(F)CCCS(=O)C(C)(C)C(=O)Nc1cc(C)no1. The number of aromatic nitrogens is 1. The summed E-state index contributed by atoms with van der Waals surface area (Å²) in [5.74, 6) is -3.02. The van der Waals surface area contributed by atoms with Gasteiger partial charge in [0.05, 0.1) is 5.69 Å². The van der Waals surface area contributed by atoms with Crippen LogP contribution >= 0.6 is 0 Å². The maximum atomic E-state index is 13.2. The van der Waals surface area contributed by atoms with E-state index >= 15 is 0 Å². The molecule has 1 heterocycles. The van der Waals surface area contributed by atoms with E-state index in [2.05, 4.69) is 10.5 Å². The van der Waals surface area contributed by atoms with Gasteiger partial charge in [0.15, 0.2) is 0 Å². The van der Waals surface area contributed by atoms with Crippen molar-refractivity contribution in [2.75, 3.05) is 11.1 Å². The molecule has 1 rings (SSSR count). The molecule has 0 aromatic carbocycles. The molecule has 0 aliphatic heterocycles. The number of anilines is 1. The van der Waals surface area contributed by atoms with Crippen molar-refractivity contribution in [2.24, 2.45) is 0 Å². The van der Waals surface area contributed by atoms with E-state index in [1.165, 1.54) is 20.8 Å². The number of carbonyl (C=O) groups is 1. The Balaban J connectivity index is 2.56. The first-order valence-electron chi connectivity index (χ1n) is 7.09. The second-order valence-corrected chi connectivity index (χ2v) is 7.78. The van der Waals surface area contributed by atoms with Gasteiger partial charge in [-0.1, -0.05) is 12.1 Å². The van der Waals surface area contributed by atoms with Crippen molar-refractivity contribution in [3.63, 3.8) is 0 Å². The van der Waals surface area contributed by atoms with Crippen LogP contribution in [0.2, 0.25) is 0 Å². The van der Waals surface area contributed by atoms with Gasteiger partial charge < -0.3 is 4.52 Å². The lowest BCUT2D eigenvalue weighted by Gasteiger charge is -2.22. The Morgan fingerprint density at radius 2 is 2.09 bits per heavy atom. The second-order valence-electron chi connectivity index (χ2n) is 5.66. The van der Waals surface area contributed by atoms with Crippen LogP contribution in [-0.2, 0) is 15.6 Å². The van der Waals surface area contributed by atoms with Crippen LogP contribution in [0.1, 0.15) is 45.7 Å².